The molecule has 0 N–H and O–H groups in total. The highest BCUT2D eigenvalue weighted by Crippen LogP contribution is 2.10. The summed E-state index contributed by atoms with van der Waals surface area (Å²) in [4.78, 5) is 0. The zero-order valence-corrected chi connectivity index (χ0v) is 8.75. The van der Waals surface area contributed by atoms with Gasteiger partial charge >= 0.3 is 0 Å². The Labute approximate surface area is 81.3 Å². The molecule has 0 nitrogen and oxygen atoms in total. The topological polar surface area (TPSA) is 0 Å². The third-order valence-electron chi connectivity index (χ3n) is 2.02. The summed E-state index contributed by atoms with van der Waals surface area (Å²) >= 11 is 0. The van der Waals surface area contributed by atoms with Gasteiger partial charge in [-0.15, -0.1) is 0 Å². The molecular weight excluding hydrogens is 156 g/mol. The van der Waals surface area contributed by atoms with Crippen LogP contribution in [-0.2, 0) is 6.42 Å². The second-order valence-corrected chi connectivity index (χ2v) is 3.91. The van der Waals surface area contributed by atoms with Gasteiger partial charge in [-0.2, -0.15) is 0 Å². The van der Waals surface area contributed by atoms with Gasteiger partial charge in [0.1, 0.15) is 0 Å². The quantitative estimate of drug-likeness (QED) is 0.611. The molecular formula is C13H18. The maximum atomic E-state index is 2.33. The molecule has 1 rings (SSSR count). The lowest BCUT2D eigenvalue weighted by Crippen LogP contribution is -1.95. The van der Waals surface area contributed by atoms with Gasteiger partial charge in [0.05, 0.1) is 0 Å². The van der Waals surface area contributed by atoms with Crippen molar-refractivity contribution in [1.82, 2.24) is 0 Å². The van der Waals surface area contributed by atoms with Crippen LogP contribution in [0.4, 0.5) is 0 Å². The van der Waals surface area contributed by atoms with Gasteiger partial charge in [0.2, 0.25) is 0 Å². The third-order valence-corrected chi connectivity index (χ3v) is 2.02. The van der Waals surface area contributed by atoms with Gasteiger partial charge in [0, 0.05) is 0 Å². The number of allylic oxidation sites excluding steroid dienone is 2. The summed E-state index contributed by atoms with van der Waals surface area (Å²) in [6.07, 6.45) is 3.47. The van der Waals surface area contributed by atoms with Crippen LogP contribution < -0.4 is 0 Å². The molecule has 0 spiro atoms. The van der Waals surface area contributed by atoms with E-state index in [2.05, 4.69) is 57.2 Å². The lowest BCUT2D eigenvalue weighted by atomic mass is 9.99. The monoisotopic (exact) mass is 174 g/mol. The van der Waals surface area contributed by atoms with Crippen LogP contribution in [0.5, 0.6) is 0 Å². The van der Waals surface area contributed by atoms with Gasteiger partial charge in [-0.1, -0.05) is 48.9 Å². The van der Waals surface area contributed by atoms with Crippen LogP contribution in [0.25, 0.3) is 0 Å². The SMILES string of the molecule is CC(C)=CC(C)Cc1ccccc1. The van der Waals surface area contributed by atoms with Crippen LogP contribution >= 0.6 is 0 Å². The van der Waals surface area contributed by atoms with Crippen molar-refractivity contribution in [3.8, 4) is 0 Å². The second kappa shape index (κ2) is 4.86. The van der Waals surface area contributed by atoms with Crippen LogP contribution in [0.15, 0.2) is 42.0 Å². The van der Waals surface area contributed by atoms with Crippen molar-refractivity contribution in [3.05, 3.63) is 47.5 Å². The van der Waals surface area contributed by atoms with E-state index < -0.39 is 0 Å². The molecule has 0 heterocycles. The Bertz CT molecular complexity index is 265. The molecule has 0 aromatic heterocycles. The van der Waals surface area contributed by atoms with Crippen molar-refractivity contribution in [2.45, 2.75) is 27.2 Å². The van der Waals surface area contributed by atoms with Crippen LogP contribution in [-0.4, -0.2) is 0 Å². The Morgan fingerprint density at radius 3 is 2.38 bits per heavy atom. The van der Waals surface area contributed by atoms with E-state index >= 15 is 0 Å². The zero-order chi connectivity index (χ0) is 9.68. The highest BCUT2D eigenvalue weighted by Gasteiger charge is 1.98. The summed E-state index contributed by atoms with van der Waals surface area (Å²) < 4.78 is 0. The summed E-state index contributed by atoms with van der Waals surface area (Å²) in [7, 11) is 0. The van der Waals surface area contributed by atoms with E-state index in [-0.39, 0.29) is 0 Å². The Morgan fingerprint density at radius 2 is 1.85 bits per heavy atom. The summed E-state index contributed by atoms with van der Waals surface area (Å²) in [5, 5.41) is 0. The van der Waals surface area contributed by atoms with Crippen LogP contribution in [0, 0.1) is 5.92 Å². The lowest BCUT2D eigenvalue weighted by Gasteiger charge is -2.06. The van der Waals surface area contributed by atoms with Gasteiger partial charge in [-0.05, 0) is 31.7 Å². The highest BCUT2D eigenvalue weighted by molar-refractivity contribution is 5.16. The van der Waals surface area contributed by atoms with Crippen molar-refractivity contribution < 1.29 is 0 Å². The van der Waals surface area contributed by atoms with Gasteiger partial charge in [0.15, 0.2) is 0 Å². The van der Waals surface area contributed by atoms with E-state index in [0.29, 0.717) is 5.92 Å². The van der Waals surface area contributed by atoms with Crippen molar-refractivity contribution in [3.63, 3.8) is 0 Å². The Balaban J connectivity index is 2.55. The van der Waals surface area contributed by atoms with Crippen LogP contribution in [0.3, 0.4) is 0 Å². The van der Waals surface area contributed by atoms with Crippen molar-refractivity contribution >= 4 is 0 Å². The molecule has 0 heteroatoms. The third kappa shape index (κ3) is 3.93. The molecule has 70 valence electrons. The minimum atomic E-state index is 0.646. The predicted molar refractivity (Wildman–Crippen MR) is 58.7 cm³/mol. The predicted octanol–water partition coefficient (Wildman–Crippen LogP) is 3.83. The molecule has 1 atom stereocenters. The summed E-state index contributed by atoms with van der Waals surface area (Å²) in [5.41, 5.74) is 2.83. The Kier molecular flexibility index (Phi) is 3.75. The minimum absolute atomic E-state index is 0.646. The maximum Gasteiger partial charge on any atom is -0.0218 e. The molecule has 1 aromatic rings. The van der Waals surface area contributed by atoms with Crippen molar-refractivity contribution in [1.29, 1.82) is 0 Å². The summed E-state index contributed by atoms with van der Waals surface area (Å²) in [6.45, 7) is 6.57. The molecule has 13 heavy (non-hydrogen) atoms. The first-order valence-electron chi connectivity index (χ1n) is 4.87. The van der Waals surface area contributed by atoms with Crippen molar-refractivity contribution in [2.75, 3.05) is 0 Å². The van der Waals surface area contributed by atoms with Crippen LogP contribution in [0.1, 0.15) is 26.3 Å². The molecule has 0 saturated carbocycles. The highest BCUT2D eigenvalue weighted by atomic mass is 14.0. The Hall–Kier alpha value is -1.04. The summed E-state index contributed by atoms with van der Waals surface area (Å²) in [5.74, 6) is 0.646. The average molecular weight is 174 g/mol. The van der Waals surface area contributed by atoms with E-state index in [1.807, 2.05) is 0 Å². The fraction of sp³-hybridized carbons (Fsp3) is 0.385. The van der Waals surface area contributed by atoms with Gasteiger partial charge in [-0.3, -0.25) is 0 Å². The molecule has 0 radical (unpaired) electrons. The molecule has 0 aliphatic heterocycles. The molecule has 1 aromatic carbocycles. The van der Waals surface area contributed by atoms with Crippen LogP contribution in [0.2, 0.25) is 0 Å². The number of rotatable bonds is 3. The zero-order valence-electron chi connectivity index (χ0n) is 8.75. The standard InChI is InChI=1S/C13H18/c1-11(2)9-12(3)10-13-7-5-4-6-8-13/h4-9,12H,10H2,1-3H3. The molecule has 0 bridgehead atoms. The first kappa shape index (κ1) is 10.0. The van der Waals surface area contributed by atoms with Gasteiger partial charge < -0.3 is 0 Å². The lowest BCUT2D eigenvalue weighted by molar-refractivity contribution is 0.717. The number of hydrogen-bond donors (Lipinski definition) is 0. The van der Waals surface area contributed by atoms with E-state index in [0.717, 1.165) is 6.42 Å². The molecule has 1 unspecified atom stereocenters. The maximum absolute atomic E-state index is 2.33. The second-order valence-electron chi connectivity index (χ2n) is 3.91. The minimum Gasteiger partial charge on any atom is -0.0827 e. The number of benzene rings is 1. The normalized spacial score (nSPS) is 12.2. The van der Waals surface area contributed by atoms with E-state index in [4.69, 9.17) is 0 Å². The molecule has 0 aliphatic rings. The number of hydrogen-bond acceptors (Lipinski definition) is 0. The Morgan fingerprint density at radius 1 is 1.23 bits per heavy atom. The first-order chi connectivity index (χ1) is 6.18. The molecule has 0 aliphatic carbocycles. The molecule has 0 fully saturated rings. The van der Waals surface area contributed by atoms with Gasteiger partial charge in [-0.25, -0.2) is 0 Å². The van der Waals surface area contributed by atoms with E-state index in [1.54, 1.807) is 0 Å². The van der Waals surface area contributed by atoms with E-state index in [9.17, 15) is 0 Å². The van der Waals surface area contributed by atoms with Gasteiger partial charge in [0.25, 0.3) is 0 Å². The fourth-order valence-corrected chi connectivity index (χ4v) is 1.61. The largest absolute Gasteiger partial charge is 0.0827 e. The summed E-state index contributed by atoms with van der Waals surface area (Å²) in [6, 6.07) is 10.6. The fourth-order valence-electron chi connectivity index (χ4n) is 1.61. The first-order valence-corrected chi connectivity index (χ1v) is 4.87. The van der Waals surface area contributed by atoms with E-state index in [1.165, 1.54) is 11.1 Å². The molecule has 0 saturated heterocycles. The smallest absolute Gasteiger partial charge is 0.0218 e. The average Bonchev–Trinajstić information content (AvgIpc) is 2.04. The molecule has 0 amide bonds. The van der Waals surface area contributed by atoms with Crippen molar-refractivity contribution in [2.24, 2.45) is 5.92 Å².